The van der Waals surface area contributed by atoms with Gasteiger partial charge in [-0.15, -0.1) is 0 Å². The number of hydrogen-bond donors (Lipinski definition) is 1. The molecule has 142 valence electrons. The van der Waals surface area contributed by atoms with Crippen LogP contribution in [0.3, 0.4) is 0 Å². The van der Waals surface area contributed by atoms with Crippen molar-refractivity contribution < 1.29 is 19.1 Å². The van der Waals surface area contributed by atoms with E-state index in [0.29, 0.717) is 24.4 Å². The normalized spacial score (nSPS) is 15.0. The number of rotatable bonds is 6. The number of likely N-dealkylation sites (tertiary alicyclic amines) is 1. The molecule has 2 rings (SSSR count). The number of piperidine rings is 1. The van der Waals surface area contributed by atoms with Crippen LogP contribution in [-0.4, -0.2) is 41.8 Å². The van der Waals surface area contributed by atoms with Crippen LogP contribution in [0.2, 0.25) is 0 Å². The van der Waals surface area contributed by atoms with Gasteiger partial charge in [-0.05, 0) is 43.9 Å². The van der Waals surface area contributed by atoms with E-state index in [9.17, 15) is 14.4 Å². The van der Waals surface area contributed by atoms with Crippen LogP contribution in [0.1, 0.15) is 56.8 Å². The highest BCUT2D eigenvalue weighted by atomic mass is 16.5. The first kappa shape index (κ1) is 19.9. The Morgan fingerprint density at radius 3 is 2.42 bits per heavy atom. The van der Waals surface area contributed by atoms with Gasteiger partial charge < -0.3 is 15.0 Å². The molecule has 0 aromatic heterocycles. The minimum atomic E-state index is -0.419. The van der Waals surface area contributed by atoms with E-state index in [2.05, 4.69) is 5.32 Å². The maximum atomic E-state index is 12.4. The summed E-state index contributed by atoms with van der Waals surface area (Å²) in [4.78, 5) is 37.8. The molecule has 1 aliphatic heterocycles. The van der Waals surface area contributed by atoms with E-state index in [1.54, 1.807) is 24.3 Å². The zero-order valence-electron chi connectivity index (χ0n) is 15.8. The lowest BCUT2D eigenvalue weighted by Gasteiger charge is -2.34. The molecule has 0 saturated carbocycles. The highest BCUT2D eigenvalue weighted by Gasteiger charge is 2.27. The molecule has 0 unspecified atom stereocenters. The molecule has 1 N–H and O–H groups in total. The molecule has 0 radical (unpaired) electrons. The van der Waals surface area contributed by atoms with Crippen molar-refractivity contribution in [3.63, 3.8) is 0 Å². The van der Waals surface area contributed by atoms with Gasteiger partial charge in [-0.3, -0.25) is 14.4 Å². The third-order valence-electron chi connectivity index (χ3n) is 4.83. The van der Waals surface area contributed by atoms with Crippen molar-refractivity contribution in [2.75, 3.05) is 13.1 Å². The maximum Gasteiger partial charge on any atom is 0.308 e. The fourth-order valence-electron chi connectivity index (χ4n) is 3.28. The van der Waals surface area contributed by atoms with E-state index >= 15 is 0 Å². The smallest absolute Gasteiger partial charge is 0.308 e. The van der Waals surface area contributed by atoms with Crippen molar-refractivity contribution in [2.45, 2.75) is 52.5 Å². The average Bonchev–Trinajstić information content (AvgIpc) is 2.63. The van der Waals surface area contributed by atoms with Crippen LogP contribution in [0.25, 0.3) is 0 Å². The van der Waals surface area contributed by atoms with Crippen molar-refractivity contribution >= 4 is 17.8 Å². The number of nitrogens with one attached hydrogen (secondary N) is 1. The lowest BCUT2D eigenvalue weighted by molar-refractivity contribution is -0.137. The summed E-state index contributed by atoms with van der Waals surface area (Å²) in [6.07, 6.45) is 3.23. The van der Waals surface area contributed by atoms with Gasteiger partial charge in [0.1, 0.15) is 5.75 Å². The minimum Gasteiger partial charge on any atom is -0.427 e. The van der Waals surface area contributed by atoms with Gasteiger partial charge in [-0.2, -0.15) is 0 Å². The molecule has 0 atom stereocenters. The summed E-state index contributed by atoms with van der Waals surface area (Å²) in [7, 11) is 0. The highest BCUT2D eigenvalue weighted by Crippen LogP contribution is 2.18. The van der Waals surface area contributed by atoms with Crippen molar-refractivity contribution in [3.05, 3.63) is 29.8 Å². The van der Waals surface area contributed by atoms with Crippen LogP contribution in [0.4, 0.5) is 0 Å². The summed E-state index contributed by atoms with van der Waals surface area (Å²) < 4.78 is 5.02. The first-order chi connectivity index (χ1) is 12.4. The lowest BCUT2D eigenvalue weighted by atomic mass is 9.98. The highest BCUT2D eigenvalue weighted by molar-refractivity contribution is 5.95. The standard InChI is InChI=1S/C20H28N2O4/c1-4-15(5-2)20(25)22-11-9-17(10-12-22)21-19(24)16-7-6-8-18(13-16)26-14(3)23/h6-8,13,15,17H,4-5,9-12H2,1-3H3,(H,21,24). The fraction of sp³-hybridized carbons (Fsp3) is 0.550. The minimum absolute atomic E-state index is 0.0469. The molecule has 0 bridgehead atoms. The number of ether oxygens (including phenoxy) is 1. The molecule has 0 aliphatic carbocycles. The summed E-state index contributed by atoms with van der Waals surface area (Å²) in [5, 5.41) is 3.01. The number of amides is 2. The molecule has 1 heterocycles. The predicted octanol–water partition coefficient (Wildman–Crippen LogP) is 2.77. The van der Waals surface area contributed by atoms with E-state index in [0.717, 1.165) is 25.7 Å². The van der Waals surface area contributed by atoms with Crippen LogP contribution < -0.4 is 10.1 Å². The number of nitrogens with zero attached hydrogens (tertiary/aromatic N) is 1. The van der Waals surface area contributed by atoms with Crippen molar-refractivity contribution in [2.24, 2.45) is 5.92 Å². The molecule has 1 aromatic rings. The van der Waals surface area contributed by atoms with Crippen molar-refractivity contribution in [3.8, 4) is 5.75 Å². The Morgan fingerprint density at radius 1 is 1.19 bits per heavy atom. The van der Waals surface area contributed by atoms with Crippen LogP contribution in [-0.2, 0) is 9.59 Å². The SMILES string of the molecule is CCC(CC)C(=O)N1CCC(NC(=O)c2cccc(OC(C)=O)c2)CC1. The zero-order chi connectivity index (χ0) is 19.1. The van der Waals surface area contributed by atoms with Gasteiger partial charge >= 0.3 is 5.97 Å². The molecule has 6 heteroatoms. The second kappa shape index (κ2) is 9.36. The van der Waals surface area contributed by atoms with E-state index in [1.807, 2.05) is 18.7 Å². The van der Waals surface area contributed by atoms with Crippen molar-refractivity contribution in [1.82, 2.24) is 10.2 Å². The van der Waals surface area contributed by atoms with Gasteiger partial charge in [-0.25, -0.2) is 0 Å². The number of hydrogen-bond acceptors (Lipinski definition) is 4. The topological polar surface area (TPSA) is 75.7 Å². The Hall–Kier alpha value is -2.37. The summed E-state index contributed by atoms with van der Waals surface area (Å²) in [6, 6.07) is 6.62. The molecule has 1 saturated heterocycles. The second-order valence-corrected chi connectivity index (χ2v) is 6.71. The second-order valence-electron chi connectivity index (χ2n) is 6.71. The Morgan fingerprint density at radius 2 is 1.85 bits per heavy atom. The number of carbonyl (C=O) groups is 3. The number of benzene rings is 1. The van der Waals surface area contributed by atoms with Gasteiger partial charge in [0.25, 0.3) is 5.91 Å². The first-order valence-corrected chi connectivity index (χ1v) is 9.32. The third-order valence-corrected chi connectivity index (χ3v) is 4.83. The molecular weight excluding hydrogens is 332 g/mol. The molecule has 1 fully saturated rings. The van der Waals surface area contributed by atoms with Gasteiger partial charge in [0.05, 0.1) is 0 Å². The molecule has 2 amide bonds. The Balaban J connectivity index is 1.88. The first-order valence-electron chi connectivity index (χ1n) is 9.32. The van der Waals surface area contributed by atoms with Gasteiger partial charge in [0.15, 0.2) is 0 Å². The summed E-state index contributed by atoms with van der Waals surface area (Å²) in [5.74, 6) is 0.0792. The average molecular weight is 360 g/mol. The molecule has 0 spiro atoms. The zero-order valence-corrected chi connectivity index (χ0v) is 15.8. The van der Waals surface area contributed by atoms with Crippen molar-refractivity contribution in [1.29, 1.82) is 0 Å². The summed E-state index contributed by atoms with van der Waals surface area (Å²) in [6.45, 7) is 6.76. The van der Waals surface area contributed by atoms with Gasteiger partial charge in [0.2, 0.25) is 5.91 Å². The summed E-state index contributed by atoms with van der Waals surface area (Å²) >= 11 is 0. The van der Waals surface area contributed by atoms with E-state index < -0.39 is 5.97 Å². The van der Waals surface area contributed by atoms with Gasteiger partial charge in [0, 0.05) is 37.5 Å². The third kappa shape index (κ3) is 5.31. The van der Waals surface area contributed by atoms with E-state index in [1.165, 1.54) is 6.92 Å². The quantitative estimate of drug-likeness (QED) is 0.625. The van der Waals surface area contributed by atoms with Crippen LogP contribution in [0.5, 0.6) is 5.75 Å². The monoisotopic (exact) mass is 360 g/mol. The fourth-order valence-corrected chi connectivity index (χ4v) is 3.28. The van der Waals surface area contributed by atoms with E-state index in [4.69, 9.17) is 4.74 Å². The Labute approximate surface area is 154 Å². The molecule has 1 aliphatic rings. The molecule has 1 aromatic carbocycles. The van der Waals surface area contributed by atoms with Crippen LogP contribution in [0.15, 0.2) is 24.3 Å². The number of esters is 1. The van der Waals surface area contributed by atoms with E-state index in [-0.39, 0.29) is 23.8 Å². The Kier molecular flexibility index (Phi) is 7.18. The Bertz CT molecular complexity index is 647. The van der Waals surface area contributed by atoms with Gasteiger partial charge in [-0.1, -0.05) is 19.9 Å². The molecule has 6 nitrogen and oxygen atoms in total. The maximum absolute atomic E-state index is 12.4. The van der Waals surface area contributed by atoms with Crippen LogP contribution >= 0.6 is 0 Å². The van der Waals surface area contributed by atoms with Crippen LogP contribution in [0, 0.1) is 5.92 Å². The largest absolute Gasteiger partial charge is 0.427 e. The summed E-state index contributed by atoms with van der Waals surface area (Å²) in [5.41, 5.74) is 0.458. The lowest BCUT2D eigenvalue weighted by Crippen LogP contribution is -2.48. The number of carbonyl (C=O) groups excluding carboxylic acids is 3. The predicted molar refractivity (Wildman–Crippen MR) is 98.9 cm³/mol. The molecular formula is C20H28N2O4. The molecule has 26 heavy (non-hydrogen) atoms.